The lowest BCUT2D eigenvalue weighted by molar-refractivity contribution is 1.09. The van der Waals surface area contributed by atoms with Crippen LogP contribution in [0.5, 0.6) is 0 Å². The minimum Gasteiger partial charge on any atom is -0.294 e. The molecule has 0 aliphatic heterocycles. The molecule has 0 fully saturated rings. The van der Waals surface area contributed by atoms with Crippen molar-refractivity contribution in [2.75, 3.05) is 0 Å². The number of hydrogen-bond donors (Lipinski definition) is 0. The predicted molar refractivity (Wildman–Crippen MR) is 193 cm³/mol. The van der Waals surface area contributed by atoms with Gasteiger partial charge in [-0.15, -0.1) is 11.3 Å². The second kappa shape index (κ2) is 10.3. The van der Waals surface area contributed by atoms with E-state index in [2.05, 4.69) is 151 Å². The molecule has 5 aromatic carbocycles. The number of nitrogens with zero attached hydrogens (tertiary/aromatic N) is 2. The molecule has 0 radical (unpaired) electrons. The predicted octanol–water partition coefficient (Wildman–Crippen LogP) is 11.6. The minimum atomic E-state index is 0.882. The van der Waals surface area contributed by atoms with Crippen molar-refractivity contribution in [3.63, 3.8) is 0 Å². The summed E-state index contributed by atoms with van der Waals surface area (Å²) in [4.78, 5) is 4.99. The fraction of sp³-hybridized carbons (Fsp3) is 0.0238. The van der Waals surface area contributed by atoms with Gasteiger partial charge in [-0.05, 0) is 81.8 Å². The van der Waals surface area contributed by atoms with E-state index in [0.29, 0.717) is 0 Å². The van der Waals surface area contributed by atoms with E-state index in [-0.39, 0.29) is 0 Å². The Morgan fingerprint density at radius 3 is 2.11 bits per heavy atom. The number of pyridine rings is 1. The van der Waals surface area contributed by atoms with Crippen molar-refractivity contribution in [3.05, 3.63) is 163 Å². The maximum absolute atomic E-state index is 4.99. The van der Waals surface area contributed by atoms with Crippen LogP contribution in [0, 0.1) is 0 Å². The van der Waals surface area contributed by atoms with Crippen LogP contribution in [-0.4, -0.2) is 9.55 Å². The molecule has 0 N–H and O–H groups in total. The maximum Gasteiger partial charge on any atom is 0.138 e. The van der Waals surface area contributed by atoms with Crippen LogP contribution in [0.1, 0.15) is 11.1 Å². The zero-order chi connectivity index (χ0) is 29.9. The van der Waals surface area contributed by atoms with Gasteiger partial charge in [0.05, 0.1) is 15.7 Å². The molecular formula is C42H28N2S. The van der Waals surface area contributed by atoms with E-state index in [4.69, 9.17) is 4.98 Å². The van der Waals surface area contributed by atoms with E-state index in [1.54, 1.807) is 11.3 Å². The number of benzene rings is 5. The van der Waals surface area contributed by atoms with Gasteiger partial charge >= 0.3 is 0 Å². The van der Waals surface area contributed by atoms with Crippen LogP contribution in [0.25, 0.3) is 75.6 Å². The van der Waals surface area contributed by atoms with E-state index >= 15 is 0 Å². The molecule has 9 rings (SSSR count). The van der Waals surface area contributed by atoms with Crippen LogP contribution < -0.4 is 0 Å². The number of rotatable bonds is 2. The molecule has 0 atom stereocenters. The van der Waals surface area contributed by atoms with Gasteiger partial charge in [0.15, 0.2) is 0 Å². The Morgan fingerprint density at radius 2 is 1.29 bits per heavy atom. The normalized spacial score (nSPS) is 14.5. The monoisotopic (exact) mass is 592 g/mol. The standard InChI is InChI=1S/C42H28N2S/c1-27-11-3-2-4-12-28-19-20-29(23-35(28)32-14-6-5-13-31(27)32)30-21-22-40-36(24-30)37-25-42(43-26-41(37)45-40)44-38-17-9-7-15-33(38)34-16-8-10-18-39(34)44/h2-11,13-26H,1,12H2/b4-2-,11-3-. The van der Waals surface area contributed by atoms with Crippen LogP contribution in [0.2, 0.25) is 0 Å². The van der Waals surface area contributed by atoms with Gasteiger partial charge in [0, 0.05) is 32.4 Å². The molecule has 3 aromatic heterocycles. The molecule has 0 unspecified atom stereocenters. The summed E-state index contributed by atoms with van der Waals surface area (Å²) >= 11 is 1.81. The third-order valence-corrected chi connectivity index (χ3v) is 10.2. The first-order valence-corrected chi connectivity index (χ1v) is 16.1. The number of fused-ring (bicyclic) bond motifs is 9. The van der Waals surface area contributed by atoms with Crippen LogP contribution in [0.15, 0.2) is 152 Å². The number of para-hydroxylation sites is 2. The summed E-state index contributed by atoms with van der Waals surface area (Å²) in [6, 6.07) is 41.9. The van der Waals surface area contributed by atoms with Gasteiger partial charge in [-0.2, -0.15) is 0 Å². The second-order valence-electron chi connectivity index (χ2n) is 11.7. The minimum absolute atomic E-state index is 0.882. The lowest BCUT2D eigenvalue weighted by atomic mass is 9.88. The largest absolute Gasteiger partial charge is 0.294 e. The molecule has 1 aliphatic rings. The Hall–Kier alpha value is -5.51. The molecule has 8 aromatic rings. The molecule has 212 valence electrons. The summed E-state index contributed by atoms with van der Waals surface area (Å²) in [6.07, 6.45) is 11.5. The van der Waals surface area contributed by atoms with Crippen molar-refractivity contribution >= 4 is 58.9 Å². The van der Waals surface area contributed by atoms with Crippen LogP contribution >= 0.6 is 11.3 Å². The van der Waals surface area contributed by atoms with E-state index in [1.807, 2.05) is 6.20 Å². The van der Waals surface area contributed by atoms with E-state index in [1.165, 1.54) is 75.4 Å². The van der Waals surface area contributed by atoms with Crippen LogP contribution in [-0.2, 0) is 6.42 Å². The third-order valence-electron chi connectivity index (χ3n) is 9.04. The zero-order valence-corrected chi connectivity index (χ0v) is 25.4. The molecule has 0 spiro atoms. The topological polar surface area (TPSA) is 17.8 Å². The Kier molecular flexibility index (Phi) is 5.93. The highest BCUT2D eigenvalue weighted by atomic mass is 32.1. The number of allylic oxidation sites excluding steroid dienone is 5. The number of thiophene rings is 1. The van der Waals surface area contributed by atoms with Crippen LogP contribution in [0.3, 0.4) is 0 Å². The van der Waals surface area contributed by atoms with Crippen molar-refractivity contribution < 1.29 is 0 Å². The second-order valence-corrected chi connectivity index (χ2v) is 12.7. The van der Waals surface area contributed by atoms with Gasteiger partial charge in [-0.25, -0.2) is 4.98 Å². The summed E-state index contributed by atoms with van der Waals surface area (Å²) in [5.74, 6) is 0.942. The fourth-order valence-electron chi connectivity index (χ4n) is 6.86. The van der Waals surface area contributed by atoms with Crippen molar-refractivity contribution in [1.82, 2.24) is 9.55 Å². The van der Waals surface area contributed by atoms with E-state index in [0.717, 1.165) is 17.8 Å². The molecule has 45 heavy (non-hydrogen) atoms. The lowest BCUT2D eigenvalue weighted by Crippen LogP contribution is -1.96. The maximum atomic E-state index is 4.99. The van der Waals surface area contributed by atoms with Gasteiger partial charge < -0.3 is 0 Å². The molecule has 0 amide bonds. The highest BCUT2D eigenvalue weighted by Crippen LogP contribution is 2.40. The van der Waals surface area contributed by atoms with Gasteiger partial charge in [-0.3, -0.25) is 4.57 Å². The number of hydrogen-bond acceptors (Lipinski definition) is 2. The van der Waals surface area contributed by atoms with Gasteiger partial charge in [0.25, 0.3) is 0 Å². The van der Waals surface area contributed by atoms with Crippen LogP contribution in [0.4, 0.5) is 0 Å². The van der Waals surface area contributed by atoms with Crippen molar-refractivity contribution in [2.45, 2.75) is 6.42 Å². The van der Waals surface area contributed by atoms with Gasteiger partial charge in [0.2, 0.25) is 0 Å². The Bertz CT molecular complexity index is 2490. The van der Waals surface area contributed by atoms with Gasteiger partial charge in [0.1, 0.15) is 5.82 Å². The quantitative estimate of drug-likeness (QED) is 0.195. The summed E-state index contributed by atoms with van der Waals surface area (Å²) < 4.78 is 4.77. The molecule has 0 bridgehead atoms. The summed E-state index contributed by atoms with van der Waals surface area (Å²) in [5.41, 5.74) is 10.8. The Labute approximate surface area is 265 Å². The third kappa shape index (κ3) is 4.20. The first kappa shape index (κ1) is 25.9. The Balaban J connectivity index is 1.22. The Morgan fingerprint density at radius 1 is 0.600 bits per heavy atom. The summed E-state index contributed by atoms with van der Waals surface area (Å²) in [5, 5.41) is 4.99. The van der Waals surface area contributed by atoms with Crippen molar-refractivity contribution in [2.24, 2.45) is 0 Å². The smallest absolute Gasteiger partial charge is 0.138 e. The van der Waals surface area contributed by atoms with E-state index < -0.39 is 0 Å². The molecule has 2 nitrogen and oxygen atoms in total. The summed E-state index contributed by atoms with van der Waals surface area (Å²) in [6.45, 7) is 4.37. The fourth-order valence-corrected chi connectivity index (χ4v) is 7.90. The van der Waals surface area contributed by atoms with Gasteiger partial charge in [-0.1, -0.05) is 110 Å². The number of aromatic nitrogens is 2. The van der Waals surface area contributed by atoms with E-state index in [9.17, 15) is 0 Å². The first-order valence-electron chi connectivity index (χ1n) is 15.3. The molecular weight excluding hydrogens is 565 g/mol. The first-order chi connectivity index (χ1) is 22.2. The highest BCUT2D eigenvalue weighted by molar-refractivity contribution is 7.25. The average Bonchev–Trinajstić information content (AvgIpc) is 3.63. The summed E-state index contributed by atoms with van der Waals surface area (Å²) in [7, 11) is 0. The van der Waals surface area contributed by atoms with Crippen molar-refractivity contribution in [1.29, 1.82) is 0 Å². The highest BCUT2D eigenvalue weighted by Gasteiger charge is 2.16. The average molecular weight is 593 g/mol. The molecule has 0 saturated carbocycles. The molecule has 3 heteroatoms. The SMILES string of the molecule is C=C1/C=C\C=C/Cc2ccc(-c3ccc4sc5cnc(-n6c7ccccc7c7ccccc76)cc5c4c3)cc2-c2ccccc21. The zero-order valence-electron chi connectivity index (χ0n) is 24.6. The van der Waals surface area contributed by atoms with Crippen molar-refractivity contribution in [3.8, 4) is 28.1 Å². The molecule has 1 aliphatic carbocycles. The lowest BCUT2D eigenvalue weighted by Gasteiger charge is -2.16. The molecule has 0 saturated heterocycles. The molecule has 3 heterocycles.